The molecule has 0 bridgehead atoms. The van der Waals surface area contributed by atoms with Gasteiger partial charge in [-0.25, -0.2) is 4.39 Å². The van der Waals surface area contributed by atoms with Crippen molar-refractivity contribution in [2.45, 2.75) is 26.7 Å². The highest BCUT2D eigenvalue weighted by Crippen LogP contribution is 2.31. The van der Waals surface area contributed by atoms with Crippen LogP contribution < -0.4 is 5.32 Å². The van der Waals surface area contributed by atoms with Gasteiger partial charge in [-0.15, -0.1) is 0 Å². The van der Waals surface area contributed by atoms with Crippen LogP contribution in [0.3, 0.4) is 0 Å². The number of para-hydroxylation sites is 1. The van der Waals surface area contributed by atoms with Gasteiger partial charge in [0.15, 0.2) is 0 Å². The van der Waals surface area contributed by atoms with E-state index in [2.05, 4.69) is 19.2 Å². The molecule has 0 saturated carbocycles. The van der Waals surface area contributed by atoms with Crippen LogP contribution in [0.25, 0.3) is 0 Å². The van der Waals surface area contributed by atoms with E-state index in [9.17, 15) is 4.39 Å². The molecule has 1 aliphatic heterocycles. The highest BCUT2D eigenvalue weighted by molar-refractivity contribution is 5.53. The van der Waals surface area contributed by atoms with E-state index < -0.39 is 0 Å². The molecule has 0 saturated heterocycles. The first-order valence-electron chi connectivity index (χ1n) is 5.10. The number of halogens is 1. The van der Waals surface area contributed by atoms with Gasteiger partial charge in [-0.05, 0) is 29.9 Å². The zero-order valence-electron chi connectivity index (χ0n) is 8.73. The summed E-state index contributed by atoms with van der Waals surface area (Å²) in [5, 5.41) is 3.21. The monoisotopic (exact) mass is 193 g/mol. The molecule has 0 atom stereocenters. The average Bonchev–Trinajstić information content (AvgIpc) is 2.27. The standard InChI is InChI=1S/C12H16FN/c1-12(2)7-6-9-4-3-5-10(13)11(9)14-8-12/h3-5,14H,6-8H2,1-2H3. The number of rotatable bonds is 0. The minimum absolute atomic E-state index is 0.125. The van der Waals surface area contributed by atoms with E-state index in [1.165, 1.54) is 6.07 Å². The van der Waals surface area contributed by atoms with Gasteiger partial charge in [0.25, 0.3) is 0 Å². The lowest BCUT2D eigenvalue weighted by atomic mass is 9.88. The number of hydrogen-bond donors (Lipinski definition) is 1. The van der Waals surface area contributed by atoms with E-state index in [0.29, 0.717) is 5.69 Å². The molecule has 76 valence electrons. The molecule has 0 amide bonds. The third-order valence-electron chi connectivity index (χ3n) is 2.91. The Balaban J connectivity index is 2.34. The number of anilines is 1. The van der Waals surface area contributed by atoms with Gasteiger partial charge in [-0.3, -0.25) is 0 Å². The highest BCUT2D eigenvalue weighted by atomic mass is 19.1. The Kier molecular flexibility index (Phi) is 2.22. The molecule has 1 N–H and O–H groups in total. The van der Waals surface area contributed by atoms with Crippen molar-refractivity contribution in [1.82, 2.24) is 0 Å². The minimum atomic E-state index is -0.125. The van der Waals surface area contributed by atoms with Crippen molar-refractivity contribution in [2.24, 2.45) is 5.41 Å². The SMILES string of the molecule is CC1(C)CCc2cccc(F)c2NC1. The lowest BCUT2D eigenvalue weighted by molar-refractivity contribution is 0.365. The fourth-order valence-corrected chi connectivity index (χ4v) is 1.86. The molecule has 1 aromatic rings. The van der Waals surface area contributed by atoms with Crippen molar-refractivity contribution >= 4 is 5.69 Å². The maximum Gasteiger partial charge on any atom is 0.146 e. The van der Waals surface area contributed by atoms with Crippen LogP contribution in [0.15, 0.2) is 18.2 Å². The summed E-state index contributed by atoms with van der Waals surface area (Å²) >= 11 is 0. The lowest BCUT2D eigenvalue weighted by Gasteiger charge is -2.21. The van der Waals surface area contributed by atoms with Crippen LogP contribution in [-0.2, 0) is 6.42 Å². The Bertz CT molecular complexity index is 344. The van der Waals surface area contributed by atoms with Gasteiger partial charge in [-0.2, -0.15) is 0 Å². The van der Waals surface area contributed by atoms with Crippen LogP contribution in [0.4, 0.5) is 10.1 Å². The Hall–Kier alpha value is -1.05. The van der Waals surface area contributed by atoms with E-state index in [4.69, 9.17) is 0 Å². The van der Waals surface area contributed by atoms with Crippen molar-refractivity contribution in [1.29, 1.82) is 0 Å². The minimum Gasteiger partial charge on any atom is -0.382 e. The van der Waals surface area contributed by atoms with Crippen molar-refractivity contribution in [3.8, 4) is 0 Å². The Labute approximate surface area is 84.3 Å². The molecule has 0 aliphatic carbocycles. The number of benzene rings is 1. The third-order valence-corrected chi connectivity index (χ3v) is 2.91. The van der Waals surface area contributed by atoms with E-state index in [0.717, 1.165) is 24.9 Å². The quantitative estimate of drug-likeness (QED) is 0.667. The van der Waals surface area contributed by atoms with E-state index in [1.807, 2.05) is 6.07 Å². The van der Waals surface area contributed by atoms with Gasteiger partial charge in [0.05, 0.1) is 5.69 Å². The molecule has 14 heavy (non-hydrogen) atoms. The summed E-state index contributed by atoms with van der Waals surface area (Å²) in [4.78, 5) is 0. The summed E-state index contributed by atoms with van der Waals surface area (Å²) in [6.07, 6.45) is 2.07. The summed E-state index contributed by atoms with van der Waals surface area (Å²) in [5.74, 6) is -0.125. The average molecular weight is 193 g/mol. The van der Waals surface area contributed by atoms with E-state index >= 15 is 0 Å². The van der Waals surface area contributed by atoms with Gasteiger partial charge >= 0.3 is 0 Å². The summed E-state index contributed by atoms with van der Waals surface area (Å²) in [7, 11) is 0. The zero-order chi connectivity index (χ0) is 10.2. The number of aryl methyl sites for hydroxylation is 1. The zero-order valence-corrected chi connectivity index (χ0v) is 8.73. The van der Waals surface area contributed by atoms with Crippen LogP contribution in [0.1, 0.15) is 25.8 Å². The summed E-state index contributed by atoms with van der Waals surface area (Å²) in [5.41, 5.74) is 2.07. The van der Waals surface area contributed by atoms with Crippen LogP contribution >= 0.6 is 0 Å². The second-order valence-corrected chi connectivity index (χ2v) is 4.79. The van der Waals surface area contributed by atoms with Crippen molar-refractivity contribution in [3.05, 3.63) is 29.6 Å². The smallest absolute Gasteiger partial charge is 0.146 e. The molecule has 0 fully saturated rings. The number of nitrogens with one attached hydrogen (secondary N) is 1. The highest BCUT2D eigenvalue weighted by Gasteiger charge is 2.23. The fourth-order valence-electron chi connectivity index (χ4n) is 1.86. The van der Waals surface area contributed by atoms with Gasteiger partial charge in [0, 0.05) is 6.54 Å². The van der Waals surface area contributed by atoms with Gasteiger partial charge in [-0.1, -0.05) is 26.0 Å². The molecular formula is C12H16FN. The second-order valence-electron chi connectivity index (χ2n) is 4.79. The molecule has 1 heterocycles. The fraction of sp³-hybridized carbons (Fsp3) is 0.500. The van der Waals surface area contributed by atoms with Crippen molar-refractivity contribution in [3.63, 3.8) is 0 Å². The van der Waals surface area contributed by atoms with Crippen molar-refractivity contribution < 1.29 is 4.39 Å². The first-order valence-corrected chi connectivity index (χ1v) is 5.10. The maximum absolute atomic E-state index is 13.4. The first-order chi connectivity index (χ1) is 6.58. The van der Waals surface area contributed by atoms with Crippen molar-refractivity contribution in [2.75, 3.05) is 11.9 Å². The molecule has 2 heteroatoms. The maximum atomic E-state index is 13.4. The normalized spacial score (nSPS) is 19.4. The van der Waals surface area contributed by atoms with Gasteiger partial charge in [0.1, 0.15) is 5.82 Å². The number of fused-ring (bicyclic) bond motifs is 1. The second kappa shape index (κ2) is 3.26. The summed E-state index contributed by atoms with van der Waals surface area (Å²) in [6, 6.07) is 5.31. The number of hydrogen-bond acceptors (Lipinski definition) is 1. The summed E-state index contributed by atoms with van der Waals surface area (Å²) in [6.45, 7) is 5.27. The van der Waals surface area contributed by atoms with Gasteiger partial charge in [0.2, 0.25) is 0 Å². The van der Waals surface area contributed by atoms with E-state index in [-0.39, 0.29) is 11.2 Å². The molecule has 0 aromatic heterocycles. The molecule has 0 unspecified atom stereocenters. The molecule has 1 aromatic carbocycles. The molecule has 1 aliphatic rings. The van der Waals surface area contributed by atoms with Crippen LogP contribution in [0.2, 0.25) is 0 Å². The Morgan fingerprint density at radius 1 is 1.36 bits per heavy atom. The van der Waals surface area contributed by atoms with Crippen LogP contribution in [0.5, 0.6) is 0 Å². The van der Waals surface area contributed by atoms with Crippen LogP contribution in [-0.4, -0.2) is 6.54 Å². The predicted octanol–water partition coefficient (Wildman–Crippen LogP) is 3.21. The third kappa shape index (κ3) is 1.74. The molecule has 0 spiro atoms. The summed E-state index contributed by atoms with van der Waals surface area (Å²) < 4.78 is 13.4. The van der Waals surface area contributed by atoms with E-state index in [1.54, 1.807) is 6.07 Å². The molecule has 0 radical (unpaired) electrons. The Morgan fingerprint density at radius 2 is 2.14 bits per heavy atom. The molecular weight excluding hydrogens is 177 g/mol. The largest absolute Gasteiger partial charge is 0.382 e. The van der Waals surface area contributed by atoms with Crippen LogP contribution in [0, 0.1) is 11.2 Å². The topological polar surface area (TPSA) is 12.0 Å². The first kappa shape index (κ1) is 9.50. The molecule has 2 rings (SSSR count). The lowest BCUT2D eigenvalue weighted by Crippen LogP contribution is -2.21. The Morgan fingerprint density at radius 3 is 2.93 bits per heavy atom. The predicted molar refractivity (Wildman–Crippen MR) is 57.0 cm³/mol. The molecule has 1 nitrogen and oxygen atoms in total. The van der Waals surface area contributed by atoms with Gasteiger partial charge < -0.3 is 5.32 Å².